The van der Waals surface area contributed by atoms with E-state index >= 15 is 0 Å². The smallest absolute Gasteiger partial charge is 0.134 e. The highest BCUT2D eigenvalue weighted by Crippen LogP contribution is 2.45. The van der Waals surface area contributed by atoms with Crippen molar-refractivity contribution in [3.63, 3.8) is 0 Å². The number of rotatable bonds is 12. The Bertz CT molecular complexity index is 3040. The molecule has 0 fully saturated rings. The minimum atomic E-state index is 0.387. The molecule has 5 heterocycles. The van der Waals surface area contributed by atoms with Crippen LogP contribution in [0.5, 0.6) is 5.75 Å². The lowest BCUT2D eigenvalue weighted by molar-refractivity contribution is 0.202. The minimum absolute atomic E-state index is 0.387. The molecule has 0 saturated heterocycles. The van der Waals surface area contributed by atoms with Gasteiger partial charge in [0.25, 0.3) is 0 Å². The van der Waals surface area contributed by atoms with Crippen LogP contribution in [0, 0.1) is 71.0 Å². The van der Waals surface area contributed by atoms with Crippen LogP contribution in [0.3, 0.4) is 0 Å². The summed E-state index contributed by atoms with van der Waals surface area (Å²) in [5, 5.41) is 6.74. The van der Waals surface area contributed by atoms with Crippen LogP contribution >= 0.6 is 0 Å². The Morgan fingerprint density at radius 1 is 0.325 bits per heavy atom. The molecule has 656 valence electrons. The Hall–Kier alpha value is -6.98. The van der Waals surface area contributed by atoms with Crippen molar-refractivity contribution in [1.29, 1.82) is 0 Å². The van der Waals surface area contributed by atoms with Gasteiger partial charge in [0.05, 0.1) is 12.9 Å². The van der Waals surface area contributed by atoms with Crippen molar-refractivity contribution >= 4 is 22.4 Å². The molecule has 9 rings (SSSR count). The molecule has 0 saturated carbocycles. The van der Waals surface area contributed by atoms with Crippen LogP contribution in [0.25, 0.3) is 16.7 Å². The summed E-state index contributed by atoms with van der Waals surface area (Å²) in [6.07, 6.45) is 10.1. The molecule has 5 nitrogen and oxygen atoms in total. The number of allylic oxidation sites excluding steroid dienone is 16. The third kappa shape index (κ3) is 42.2. The average molecular weight is 1580 g/mol. The molecule has 0 unspecified atom stereocenters. The second-order valence-electron chi connectivity index (χ2n) is 28.4. The van der Waals surface area contributed by atoms with Crippen LogP contribution in [0.15, 0.2) is 221 Å². The molecule has 0 aromatic heterocycles. The predicted octanol–water partition coefficient (Wildman–Crippen LogP) is 36.9. The molecule has 1 aliphatic carbocycles. The molecule has 0 radical (unpaired) electrons. The fourth-order valence-electron chi connectivity index (χ4n) is 13.1. The van der Waals surface area contributed by atoms with Crippen LogP contribution in [0.4, 0.5) is 5.69 Å². The molecule has 3 aromatic carbocycles. The van der Waals surface area contributed by atoms with E-state index in [0.717, 1.165) is 59.3 Å². The molecule has 6 aliphatic rings. The van der Waals surface area contributed by atoms with Crippen molar-refractivity contribution in [2.75, 3.05) is 11.9 Å². The van der Waals surface area contributed by atoms with E-state index in [1.165, 1.54) is 89.4 Å². The van der Waals surface area contributed by atoms with E-state index in [0.29, 0.717) is 71.0 Å². The van der Waals surface area contributed by atoms with Gasteiger partial charge in [-0.1, -0.05) is 444 Å². The monoisotopic (exact) mass is 1580 g/mol. The molecule has 3 aromatic rings. The van der Waals surface area contributed by atoms with Crippen molar-refractivity contribution in [1.82, 2.24) is 5.32 Å². The van der Waals surface area contributed by atoms with Crippen molar-refractivity contribution in [3.05, 3.63) is 244 Å². The summed E-state index contributed by atoms with van der Waals surface area (Å²) >= 11 is 0. The van der Waals surface area contributed by atoms with Crippen molar-refractivity contribution in [2.24, 2.45) is 71.0 Å². The quantitative estimate of drug-likeness (QED) is 0.189. The average Bonchev–Trinajstić information content (AvgIpc) is 0.784. The van der Waals surface area contributed by atoms with E-state index < -0.39 is 0 Å². The first-order valence-electron chi connectivity index (χ1n) is 45.9. The Kier molecular flexibility index (Phi) is 82.2. The molecule has 0 atom stereocenters. The van der Waals surface area contributed by atoms with E-state index in [4.69, 9.17) is 14.2 Å². The number of ether oxygens (including phenoxy) is 3. The standard InChI is InChI=1S/C17H22.C16H21N.C16H20O.C12H19N.C12H20O.C12H18O.12C2H6/c1-11(2)16-10-14-8-6-7-9-15(14)13(5)17(16)12(3)4;2*1-10(2)15-12(5)13-8-6-7-9-14(13)17-16(15)11(3)4;3*1-8(2)11-6-7-13-10(5)12(11)9(3)4;12*1-2/h6-9,11-12H,5,10H2,1-4H3;6-11,17H,5H2,1-4H3;6-11H,5H2,1-4H3;6-9,13H,5H2,1-4H3;8-9H,5-7H2,1-4H3;6-9H,5H2,1-4H3;12*1-2H3. The highest BCUT2D eigenvalue weighted by Gasteiger charge is 2.29. The van der Waals surface area contributed by atoms with Crippen LogP contribution in [-0.2, 0) is 15.9 Å². The fraction of sp³-hybridized carbons (Fsp3) is 0.578. The topological polar surface area (TPSA) is 51.8 Å². The van der Waals surface area contributed by atoms with Crippen LogP contribution in [-0.4, -0.2) is 6.61 Å². The number of fused-ring (bicyclic) bond motifs is 3. The van der Waals surface area contributed by atoms with E-state index in [9.17, 15) is 0 Å². The first-order chi connectivity index (χ1) is 54.2. The number of hydrogen-bond acceptors (Lipinski definition) is 5. The maximum atomic E-state index is 6.06. The van der Waals surface area contributed by atoms with Gasteiger partial charge < -0.3 is 24.8 Å². The van der Waals surface area contributed by atoms with Crippen molar-refractivity contribution in [3.8, 4) is 5.75 Å². The van der Waals surface area contributed by atoms with Crippen LogP contribution < -0.4 is 15.4 Å². The Morgan fingerprint density at radius 2 is 0.702 bits per heavy atom. The maximum Gasteiger partial charge on any atom is 0.134 e. The van der Waals surface area contributed by atoms with Crippen LogP contribution in [0.2, 0.25) is 0 Å². The Balaban J connectivity index is -0.000000157. The van der Waals surface area contributed by atoms with Gasteiger partial charge in [-0.05, 0) is 157 Å². The van der Waals surface area contributed by atoms with Gasteiger partial charge in [-0.2, -0.15) is 0 Å². The summed E-state index contributed by atoms with van der Waals surface area (Å²) in [6, 6.07) is 25.2. The molecule has 5 aliphatic heterocycles. The SMILES string of the molecule is C=C1C(C(C)C)=C(C(C)C)Cc2ccccc21.C=C1C(C(C)C)=C(C(C)C)Nc2ccccc21.C=C1C(C(C)C)=C(C(C)C)Oc2ccccc21.C=C1NC=CC(C(C)C)=C1C(C)C.C=C1OC=CC(C(C)C)=C1C(C)C.C=C1OCCC(C(C)C)=C1C(C)C.CC.CC.CC.CC.CC.CC.CC.CC.CC.CC.CC.CC. The second-order valence-corrected chi connectivity index (χ2v) is 28.4. The van der Waals surface area contributed by atoms with Gasteiger partial charge >= 0.3 is 0 Å². The first kappa shape index (κ1) is 125. The van der Waals surface area contributed by atoms with Crippen molar-refractivity contribution in [2.45, 2.75) is 345 Å². The molecular weight excluding hydrogens is 1390 g/mol. The number of para-hydroxylation sites is 2. The molecule has 0 bridgehead atoms. The predicted molar refractivity (Wildman–Crippen MR) is 531 cm³/mol. The Morgan fingerprint density at radius 3 is 1.08 bits per heavy atom. The summed E-state index contributed by atoms with van der Waals surface area (Å²) in [7, 11) is 0. The number of anilines is 1. The van der Waals surface area contributed by atoms with Crippen LogP contribution in [0.1, 0.15) is 361 Å². The molecule has 5 heteroatoms. The molecule has 114 heavy (non-hydrogen) atoms. The number of dihydropyridines is 1. The summed E-state index contributed by atoms with van der Waals surface area (Å²) < 4.78 is 16.8. The summed E-state index contributed by atoms with van der Waals surface area (Å²) in [5.41, 5.74) is 26.2. The van der Waals surface area contributed by atoms with Gasteiger partial charge in [-0.3, -0.25) is 0 Å². The van der Waals surface area contributed by atoms with E-state index in [1.807, 2.05) is 191 Å². The second kappa shape index (κ2) is 74.8. The van der Waals surface area contributed by atoms with E-state index in [1.54, 1.807) is 11.8 Å². The molecule has 0 spiro atoms. The zero-order valence-corrected chi connectivity index (χ0v) is 84.8. The highest BCUT2D eigenvalue weighted by molar-refractivity contribution is 5.90. The summed E-state index contributed by atoms with van der Waals surface area (Å²) in [4.78, 5) is 0. The minimum Gasteiger partial charge on any atom is -0.494 e. The first-order valence-corrected chi connectivity index (χ1v) is 45.9. The van der Waals surface area contributed by atoms with Gasteiger partial charge in [0, 0.05) is 57.9 Å². The van der Waals surface area contributed by atoms with Gasteiger partial charge in [-0.25, -0.2) is 0 Å². The number of hydrogen-bond donors (Lipinski definition) is 2. The zero-order chi connectivity index (χ0) is 91.8. The molecule has 2 N–H and O–H groups in total. The number of benzene rings is 3. The largest absolute Gasteiger partial charge is 0.494 e. The van der Waals surface area contributed by atoms with Crippen molar-refractivity contribution < 1.29 is 14.2 Å². The van der Waals surface area contributed by atoms with E-state index in [2.05, 4.69) is 283 Å². The molecular formula is C109H192N2O3. The normalized spacial score (nSPS) is 13.6. The lowest BCUT2D eigenvalue weighted by Crippen LogP contribution is -2.18. The summed E-state index contributed by atoms with van der Waals surface area (Å²) in [6.45, 7) is 127. The third-order valence-electron chi connectivity index (χ3n) is 17.3. The van der Waals surface area contributed by atoms with Gasteiger partial charge in [0.1, 0.15) is 23.0 Å². The zero-order valence-electron chi connectivity index (χ0n) is 84.8. The van der Waals surface area contributed by atoms with Gasteiger partial charge in [0.15, 0.2) is 0 Å². The summed E-state index contributed by atoms with van der Waals surface area (Å²) in [5.74, 6) is 10.00. The number of nitrogens with one attached hydrogen (secondary N) is 2. The highest BCUT2D eigenvalue weighted by atomic mass is 16.5. The lowest BCUT2D eigenvalue weighted by Gasteiger charge is -2.30. The molecule has 0 amide bonds. The maximum absolute atomic E-state index is 6.06. The van der Waals surface area contributed by atoms with Gasteiger partial charge in [-0.15, -0.1) is 0 Å². The Labute approximate surface area is 715 Å². The van der Waals surface area contributed by atoms with Gasteiger partial charge in [0.2, 0.25) is 0 Å². The fourth-order valence-corrected chi connectivity index (χ4v) is 13.1. The lowest BCUT2D eigenvalue weighted by atomic mass is 9.75. The third-order valence-corrected chi connectivity index (χ3v) is 17.3. The van der Waals surface area contributed by atoms with E-state index in [-0.39, 0.29) is 0 Å².